The first-order chi connectivity index (χ1) is 10.1. The molecular formula is C14H14BrFN2O2S. The maximum atomic E-state index is 13.1. The zero-order valence-electron chi connectivity index (χ0n) is 11.4. The quantitative estimate of drug-likeness (QED) is 0.768. The summed E-state index contributed by atoms with van der Waals surface area (Å²) in [7, 11) is 0. The molecule has 0 unspecified atom stereocenters. The van der Waals surface area contributed by atoms with E-state index >= 15 is 0 Å². The molecule has 0 aliphatic heterocycles. The molecule has 0 fully saturated rings. The summed E-state index contributed by atoms with van der Waals surface area (Å²) >= 11 is 4.57. The average molecular weight is 373 g/mol. The molecule has 0 aliphatic rings. The lowest BCUT2D eigenvalue weighted by Gasteiger charge is -2.03. The SMILES string of the molecule is CCOC(=O)CCc1csc(Nc2ccc(F)c(Br)c2)n1. The van der Waals surface area contributed by atoms with E-state index in [1.807, 2.05) is 5.38 Å². The number of rotatable bonds is 6. The maximum absolute atomic E-state index is 13.1. The molecule has 7 heteroatoms. The third-order valence-corrected chi connectivity index (χ3v) is 4.03. The predicted molar refractivity (Wildman–Crippen MR) is 84.5 cm³/mol. The maximum Gasteiger partial charge on any atom is 0.306 e. The van der Waals surface area contributed by atoms with Crippen molar-refractivity contribution in [1.29, 1.82) is 0 Å². The fourth-order valence-electron chi connectivity index (χ4n) is 1.64. The van der Waals surface area contributed by atoms with Crippen molar-refractivity contribution in [1.82, 2.24) is 4.98 Å². The van der Waals surface area contributed by atoms with Crippen molar-refractivity contribution in [3.63, 3.8) is 0 Å². The molecule has 0 radical (unpaired) electrons. The van der Waals surface area contributed by atoms with Gasteiger partial charge in [-0.1, -0.05) is 0 Å². The molecule has 21 heavy (non-hydrogen) atoms. The number of halogens is 2. The number of benzene rings is 1. The third-order valence-electron chi connectivity index (χ3n) is 2.61. The van der Waals surface area contributed by atoms with Crippen LogP contribution in [0.15, 0.2) is 28.1 Å². The summed E-state index contributed by atoms with van der Waals surface area (Å²) in [6.45, 7) is 2.17. The highest BCUT2D eigenvalue weighted by atomic mass is 79.9. The van der Waals surface area contributed by atoms with Crippen molar-refractivity contribution >= 4 is 44.1 Å². The van der Waals surface area contributed by atoms with Crippen molar-refractivity contribution in [3.8, 4) is 0 Å². The first kappa shape index (κ1) is 15.9. The van der Waals surface area contributed by atoms with E-state index in [4.69, 9.17) is 4.74 Å². The zero-order valence-corrected chi connectivity index (χ0v) is 13.8. The van der Waals surface area contributed by atoms with Gasteiger partial charge in [-0.25, -0.2) is 9.37 Å². The second kappa shape index (κ2) is 7.51. The Kier molecular flexibility index (Phi) is 5.69. The molecule has 1 aromatic carbocycles. The van der Waals surface area contributed by atoms with E-state index in [-0.39, 0.29) is 11.8 Å². The molecule has 4 nitrogen and oxygen atoms in total. The van der Waals surface area contributed by atoms with Gasteiger partial charge >= 0.3 is 5.97 Å². The van der Waals surface area contributed by atoms with E-state index in [1.54, 1.807) is 19.1 Å². The minimum atomic E-state index is -0.310. The first-order valence-electron chi connectivity index (χ1n) is 6.40. The first-order valence-corrected chi connectivity index (χ1v) is 8.08. The van der Waals surface area contributed by atoms with Crippen LogP contribution in [-0.2, 0) is 16.0 Å². The zero-order chi connectivity index (χ0) is 15.2. The topological polar surface area (TPSA) is 51.2 Å². The normalized spacial score (nSPS) is 10.4. The Morgan fingerprint density at radius 1 is 1.52 bits per heavy atom. The van der Waals surface area contributed by atoms with Crippen LogP contribution in [0.2, 0.25) is 0 Å². The molecule has 2 rings (SSSR count). The number of aromatic nitrogens is 1. The van der Waals surface area contributed by atoms with Gasteiger partial charge in [0.25, 0.3) is 0 Å². The van der Waals surface area contributed by atoms with Gasteiger partial charge in [0.15, 0.2) is 5.13 Å². The minimum Gasteiger partial charge on any atom is -0.466 e. The highest BCUT2D eigenvalue weighted by molar-refractivity contribution is 9.10. The van der Waals surface area contributed by atoms with E-state index in [0.29, 0.717) is 29.1 Å². The number of nitrogens with zero attached hydrogens (tertiary/aromatic N) is 1. The average Bonchev–Trinajstić information content (AvgIpc) is 2.89. The van der Waals surface area contributed by atoms with Crippen molar-refractivity contribution in [2.45, 2.75) is 19.8 Å². The van der Waals surface area contributed by atoms with E-state index < -0.39 is 0 Å². The van der Waals surface area contributed by atoms with Gasteiger partial charge < -0.3 is 10.1 Å². The molecule has 0 bridgehead atoms. The summed E-state index contributed by atoms with van der Waals surface area (Å²) in [5.41, 5.74) is 1.58. The number of esters is 1. The van der Waals surface area contributed by atoms with Crippen molar-refractivity contribution < 1.29 is 13.9 Å². The number of carbonyl (C=O) groups is 1. The van der Waals surface area contributed by atoms with Crippen LogP contribution in [0.1, 0.15) is 19.0 Å². The third kappa shape index (κ3) is 4.78. The molecule has 0 amide bonds. The van der Waals surface area contributed by atoms with E-state index in [0.717, 1.165) is 11.4 Å². The van der Waals surface area contributed by atoms with Crippen LogP contribution in [0, 0.1) is 5.82 Å². The molecule has 0 spiro atoms. The fourth-order valence-corrected chi connectivity index (χ4v) is 2.78. The highest BCUT2D eigenvalue weighted by Gasteiger charge is 2.07. The fraction of sp³-hybridized carbons (Fsp3) is 0.286. The van der Waals surface area contributed by atoms with Gasteiger partial charge in [-0.2, -0.15) is 0 Å². The van der Waals surface area contributed by atoms with Crippen LogP contribution < -0.4 is 5.32 Å². The number of aryl methyl sites for hydroxylation is 1. The molecule has 0 saturated carbocycles. The molecule has 1 aromatic heterocycles. The Balaban J connectivity index is 1.93. The molecule has 0 saturated heterocycles. The number of ether oxygens (including phenoxy) is 1. The summed E-state index contributed by atoms with van der Waals surface area (Å²) in [6.07, 6.45) is 0.864. The summed E-state index contributed by atoms with van der Waals surface area (Å²) in [4.78, 5) is 15.7. The van der Waals surface area contributed by atoms with E-state index in [2.05, 4.69) is 26.2 Å². The van der Waals surface area contributed by atoms with Crippen LogP contribution in [-0.4, -0.2) is 17.6 Å². The molecule has 2 aromatic rings. The predicted octanol–water partition coefficient (Wildman–Crippen LogP) is 4.28. The second-order valence-corrected chi connectivity index (χ2v) is 5.92. The molecule has 1 N–H and O–H groups in total. The summed E-state index contributed by atoms with van der Waals surface area (Å²) < 4.78 is 18.4. The van der Waals surface area contributed by atoms with Crippen LogP contribution in [0.5, 0.6) is 0 Å². The molecular weight excluding hydrogens is 359 g/mol. The van der Waals surface area contributed by atoms with E-state index in [9.17, 15) is 9.18 Å². The summed E-state index contributed by atoms with van der Waals surface area (Å²) in [6, 6.07) is 4.66. The Morgan fingerprint density at radius 2 is 2.33 bits per heavy atom. The molecule has 0 aliphatic carbocycles. The molecule has 0 atom stereocenters. The van der Waals surface area contributed by atoms with Crippen LogP contribution in [0.25, 0.3) is 0 Å². The number of thiazole rings is 1. The number of hydrogen-bond acceptors (Lipinski definition) is 5. The van der Waals surface area contributed by atoms with Crippen molar-refractivity contribution in [2.75, 3.05) is 11.9 Å². The van der Waals surface area contributed by atoms with Gasteiger partial charge in [-0.3, -0.25) is 4.79 Å². The monoisotopic (exact) mass is 372 g/mol. The number of nitrogens with one attached hydrogen (secondary N) is 1. The Bertz CT molecular complexity index is 633. The van der Waals surface area contributed by atoms with Gasteiger partial charge in [0.2, 0.25) is 0 Å². The van der Waals surface area contributed by atoms with E-state index in [1.165, 1.54) is 17.4 Å². The van der Waals surface area contributed by atoms with Gasteiger partial charge in [-0.15, -0.1) is 11.3 Å². The van der Waals surface area contributed by atoms with Gasteiger partial charge in [-0.05, 0) is 41.1 Å². The number of carbonyl (C=O) groups excluding carboxylic acids is 1. The highest BCUT2D eigenvalue weighted by Crippen LogP contribution is 2.25. The smallest absolute Gasteiger partial charge is 0.306 e. The summed E-state index contributed by atoms with van der Waals surface area (Å²) in [5, 5.41) is 5.69. The number of hydrogen-bond donors (Lipinski definition) is 1. The van der Waals surface area contributed by atoms with Crippen LogP contribution in [0.3, 0.4) is 0 Å². The minimum absolute atomic E-state index is 0.220. The lowest BCUT2D eigenvalue weighted by molar-refractivity contribution is -0.143. The molecule has 112 valence electrons. The standard InChI is InChI=1S/C14H14BrFN2O2S/c1-2-20-13(19)6-4-10-8-21-14(18-10)17-9-3-5-12(16)11(15)7-9/h3,5,7-8H,2,4,6H2,1H3,(H,17,18). The lowest BCUT2D eigenvalue weighted by atomic mass is 10.2. The molecule has 1 heterocycles. The van der Waals surface area contributed by atoms with Gasteiger partial charge in [0, 0.05) is 17.5 Å². The van der Waals surface area contributed by atoms with Crippen LogP contribution >= 0.6 is 27.3 Å². The second-order valence-electron chi connectivity index (χ2n) is 4.20. The van der Waals surface area contributed by atoms with Crippen molar-refractivity contribution in [3.05, 3.63) is 39.6 Å². The largest absolute Gasteiger partial charge is 0.466 e. The lowest BCUT2D eigenvalue weighted by Crippen LogP contribution is -2.05. The van der Waals surface area contributed by atoms with Crippen LogP contribution in [0.4, 0.5) is 15.2 Å². The van der Waals surface area contributed by atoms with Gasteiger partial charge in [0.1, 0.15) is 5.82 Å². The Morgan fingerprint density at radius 3 is 3.05 bits per heavy atom. The van der Waals surface area contributed by atoms with Gasteiger partial charge in [0.05, 0.1) is 23.2 Å². The van der Waals surface area contributed by atoms with Crippen molar-refractivity contribution in [2.24, 2.45) is 0 Å². The Labute approximate surface area is 134 Å². The number of anilines is 2. The summed E-state index contributed by atoms with van der Waals surface area (Å²) in [5.74, 6) is -0.530. The Hall–Kier alpha value is -1.47.